The predicted molar refractivity (Wildman–Crippen MR) is 68.7 cm³/mol. The summed E-state index contributed by atoms with van der Waals surface area (Å²) in [6, 6.07) is 9.01. The molecule has 94 valence electrons. The number of anilines is 1. The maximum absolute atomic E-state index is 12.0. The molecule has 0 aliphatic heterocycles. The van der Waals surface area contributed by atoms with E-state index in [1.807, 2.05) is 24.3 Å². The highest BCUT2D eigenvalue weighted by atomic mass is 16.5. The number of nitrogens with two attached hydrogens (primary N) is 1. The second-order valence-corrected chi connectivity index (χ2v) is 4.04. The van der Waals surface area contributed by atoms with Crippen LogP contribution in [0.3, 0.4) is 0 Å². The molecule has 0 fully saturated rings. The van der Waals surface area contributed by atoms with Crippen LogP contribution in [0.5, 0.6) is 5.75 Å². The molecule has 0 amide bonds. The second kappa shape index (κ2) is 4.91. The molecule has 0 radical (unpaired) electrons. The first-order chi connectivity index (χ1) is 8.60. The van der Waals surface area contributed by atoms with Crippen molar-refractivity contribution in [1.29, 1.82) is 0 Å². The zero-order chi connectivity index (χ0) is 13.1. The van der Waals surface area contributed by atoms with Gasteiger partial charge in [0, 0.05) is 6.07 Å². The van der Waals surface area contributed by atoms with E-state index in [9.17, 15) is 4.79 Å². The van der Waals surface area contributed by atoms with Gasteiger partial charge < -0.3 is 10.5 Å². The summed E-state index contributed by atoms with van der Waals surface area (Å²) in [7, 11) is 1.60. The molecular weight excluding hydrogens is 230 g/mol. The van der Waals surface area contributed by atoms with E-state index in [-0.39, 0.29) is 12.3 Å². The van der Waals surface area contributed by atoms with Gasteiger partial charge in [0.25, 0.3) is 5.91 Å². The van der Waals surface area contributed by atoms with Crippen LogP contribution in [0.4, 0.5) is 5.82 Å². The minimum atomic E-state index is -0.147. The van der Waals surface area contributed by atoms with E-state index in [0.29, 0.717) is 5.82 Å². The van der Waals surface area contributed by atoms with E-state index in [1.54, 1.807) is 20.1 Å². The first-order valence-electron chi connectivity index (χ1n) is 5.58. The lowest BCUT2D eigenvalue weighted by atomic mass is 10.1. The quantitative estimate of drug-likeness (QED) is 0.892. The zero-order valence-electron chi connectivity index (χ0n) is 10.4. The van der Waals surface area contributed by atoms with E-state index in [2.05, 4.69) is 5.10 Å². The smallest absolute Gasteiger partial charge is 0.253 e. The number of nitrogens with zero attached hydrogens (tertiary/aromatic N) is 2. The van der Waals surface area contributed by atoms with Gasteiger partial charge in [-0.05, 0) is 24.6 Å². The molecule has 0 aliphatic rings. The number of nitrogen functional groups attached to an aromatic ring is 1. The number of carbonyl (C=O) groups is 1. The molecule has 0 atom stereocenters. The van der Waals surface area contributed by atoms with Crippen LogP contribution < -0.4 is 10.5 Å². The number of aryl methyl sites for hydroxylation is 1. The van der Waals surface area contributed by atoms with Crippen molar-refractivity contribution >= 4 is 11.7 Å². The topological polar surface area (TPSA) is 70.1 Å². The maximum atomic E-state index is 12.0. The number of hydrogen-bond acceptors (Lipinski definition) is 4. The van der Waals surface area contributed by atoms with Gasteiger partial charge in [-0.2, -0.15) is 9.78 Å². The third-order valence-corrected chi connectivity index (χ3v) is 2.61. The Labute approximate surface area is 105 Å². The molecule has 0 saturated carbocycles. The van der Waals surface area contributed by atoms with Crippen molar-refractivity contribution in [3.8, 4) is 5.75 Å². The summed E-state index contributed by atoms with van der Waals surface area (Å²) in [5.74, 6) is 0.984. The Bertz CT molecular complexity index is 558. The Kier molecular flexibility index (Phi) is 3.32. The number of ether oxygens (including phenoxy) is 1. The van der Waals surface area contributed by atoms with Gasteiger partial charge in [0.2, 0.25) is 0 Å². The van der Waals surface area contributed by atoms with Crippen LogP contribution in [-0.2, 0) is 6.42 Å². The summed E-state index contributed by atoms with van der Waals surface area (Å²) < 4.78 is 6.29. The molecule has 0 spiro atoms. The Balaban J connectivity index is 2.13. The summed E-state index contributed by atoms with van der Waals surface area (Å²) in [6.07, 6.45) is 0.259. The number of aromatic nitrogens is 2. The van der Waals surface area contributed by atoms with Crippen LogP contribution >= 0.6 is 0 Å². The van der Waals surface area contributed by atoms with Gasteiger partial charge in [0.15, 0.2) is 0 Å². The van der Waals surface area contributed by atoms with Gasteiger partial charge >= 0.3 is 0 Å². The molecule has 1 aromatic heterocycles. The Morgan fingerprint density at radius 3 is 2.56 bits per heavy atom. The number of hydrogen-bond donors (Lipinski definition) is 1. The first-order valence-corrected chi connectivity index (χ1v) is 5.58. The molecule has 1 aromatic carbocycles. The average Bonchev–Trinajstić information content (AvgIpc) is 2.69. The molecule has 18 heavy (non-hydrogen) atoms. The van der Waals surface area contributed by atoms with Crippen molar-refractivity contribution in [2.45, 2.75) is 13.3 Å². The number of methoxy groups -OCH3 is 1. The van der Waals surface area contributed by atoms with Gasteiger partial charge in [-0.3, -0.25) is 4.79 Å². The number of benzene rings is 1. The minimum absolute atomic E-state index is 0.147. The van der Waals surface area contributed by atoms with Crippen molar-refractivity contribution in [2.24, 2.45) is 0 Å². The monoisotopic (exact) mass is 245 g/mol. The molecule has 5 nitrogen and oxygen atoms in total. The van der Waals surface area contributed by atoms with Crippen LogP contribution in [0.2, 0.25) is 0 Å². The third kappa shape index (κ3) is 2.51. The van der Waals surface area contributed by atoms with E-state index >= 15 is 0 Å². The Morgan fingerprint density at radius 1 is 1.39 bits per heavy atom. The van der Waals surface area contributed by atoms with E-state index in [4.69, 9.17) is 10.5 Å². The minimum Gasteiger partial charge on any atom is -0.497 e. The maximum Gasteiger partial charge on any atom is 0.253 e. The van der Waals surface area contributed by atoms with E-state index in [0.717, 1.165) is 17.0 Å². The van der Waals surface area contributed by atoms with Crippen molar-refractivity contribution in [2.75, 3.05) is 12.8 Å². The van der Waals surface area contributed by atoms with Gasteiger partial charge in [0.1, 0.15) is 11.6 Å². The average molecular weight is 245 g/mol. The first kappa shape index (κ1) is 12.2. The predicted octanol–water partition coefficient (Wildman–Crippen LogP) is 1.67. The van der Waals surface area contributed by atoms with Crippen molar-refractivity contribution in [1.82, 2.24) is 9.78 Å². The highest BCUT2D eigenvalue weighted by Gasteiger charge is 2.11. The zero-order valence-corrected chi connectivity index (χ0v) is 10.4. The molecule has 0 unspecified atom stereocenters. The highest BCUT2D eigenvalue weighted by molar-refractivity contribution is 5.83. The highest BCUT2D eigenvalue weighted by Crippen LogP contribution is 2.13. The number of rotatable bonds is 3. The SMILES string of the molecule is COc1ccc(CC(=O)n2nc(C)cc2N)cc1. The fourth-order valence-corrected chi connectivity index (χ4v) is 1.71. The normalized spacial score (nSPS) is 10.3. The fourth-order valence-electron chi connectivity index (χ4n) is 1.71. The van der Waals surface area contributed by atoms with Gasteiger partial charge in [-0.15, -0.1) is 0 Å². The largest absolute Gasteiger partial charge is 0.497 e. The Hall–Kier alpha value is -2.30. The summed E-state index contributed by atoms with van der Waals surface area (Å²) >= 11 is 0. The lowest BCUT2D eigenvalue weighted by molar-refractivity contribution is 0.0901. The molecule has 2 rings (SSSR count). The lowest BCUT2D eigenvalue weighted by Crippen LogP contribution is -2.17. The summed E-state index contributed by atoms with van der Waals surface area (Å²) in [5, 5.41) is 4.06. The van der Waals surface area contributed by atoms with Crippen LogP contribution in [0.25, 0.3) is 0 Å². The fraction of sp³-hybridized carbons (Fsp3) is 0.231. The van der Waals surface area contributed by atoms with Crippen LogP contribution in [0.15, 0.2) is 30.3 Å². The van der Waals surface area contributed by atoms with Gasteiger partial charge in [0.05, 0.1) is 19.2 Å². The van der Waals surface area contributed by atoms with Crippen molar-refractivity contribution in [3.63, 3.8) is 0 Å². The van der Waals surface area contributed by atoms with Crippen LogP contribution in [0.1, 0.15) is 16.1 Å². The molecule has 0 aliphatic carbocycles. The second-order valence-electron chi connectivity index (χ2n) is 4.04. The molecule has 1 heterocycles. The Morgan fingerprint density at radius 2 is 2.06 bits per heavy atom. The summed E-state index contributed by atoms with van der Waals surface area (Å²) in [5.41, 5.74) is 7.33. The molecule has 5 heteroatoms. The number of carbonyl (C=O) groups excluding carboxylic acids is 1. The third-order valence-electron chi connectivity index (χ3n) is 2.61. The van der Waals surface area contributed by atoms with Crippen molar-refractivity contribution < 1.29 is 9.53 Å². The standard InChI is InChI=1S/C13H15N3O2/c1-9-7-12(14)16(15-9)13(17)8-10-3-5-11(18-2)6-4-10/h3-7H,8,14H2,1-2H3. The molecule has 2 N–H and O–H groups in total. The van der Waals surface area contributed by atoms with Crippen LogP contribution in [-0.4, -0.2) is 22.8 Å². The van der Waals surface area contributed by atoms with Crippen LogP contribution in [0, 0.1) is 6.92 Å². The summed E-state index contributed by atoms with van der Waals surface area (Å²) in [4.78, 5) is 12.0. The van der Waals surface area contributed by atoms with E-state index < -0.39 is 0 Å². The van der Waals surface area contributed by atoms with Crippen molar-refractivity contribution in [3.05, 3.63) is 41.6 Å². The molecule has 0 bridgehead atoms. The molecule has 0 saturated heterocycles. The van der Waals surface area contributed by atoms with Gasteiger partial charge in [-0.25, -0.2) is 0 Å². The summed E-state index contributed by atoms with van der Waals surface area (Å²) in [6.45, 7) is 1.80. The molecule has 2 aromatic rings. The van der Waals surface area contributed by atoms with Gasteiger partial charge in [-0.1, -0.05) is 12.1 Å². The molecular formula is C13H15N3O2. The van der Waals surface area contributed by atoms with E-state index in [1.165, 1.54) is 4.68 Å². The lowest BCUT2D eigenvalue weighted by Gasteiger charge is -2.04.